The highest BCUT2D eigenvalue weighted by molar-refractivity contribution is 5.96. The Hall–Kier alpha value is -5.70. The summed E-state index contributed by atoms with van der Waals surface area (Å²) in [5, 5.41) is 27.7. The molecule has 0 radical (unpaired) electrons. The van der Waals surface area contributed by atoms with Crippen LogP contribution >= 0.6 is 0 Å². The summed E-state index contributed by atoms with van der Waals surface area (Å²) in [6, 6.07) is 7.83. The molecule has 15 heteroatoms. The van der Waals surface area contributed by atoms with Gasteiger partial charge in [-0.25, -0.2) is 9.78 Å². The van der Waals surface area contributed by atoms with Crippen LogP contribution in [-0.4, -0.2) is 78.9 Å². The maximum absolute atomic E-state index is 13.5. The van der Waals surface area contributed by atoms with Crippen LogP contribution in [0.1, 0.15) is 23.2 Å². The molecule has 0 saturated heterocycles. The third-order valence-corrected chi connectivity index (χ3v) is 7.09. The Labute approximate surface area is 256 Å². The fraction of sp³-hybridized carbons (Fsp3) is 0.267. The zero-order valence-corrected chi connectivity index (χ0v) is 24.0. The Morgan fingerprint density at radius 2 is 1.49 bits per heavy atom. The molecule has 15 nitrogen and oxygen atoms in total. The van der Waals surface area contributed by atoms with E-state index < -0.39 is 60.2 Å². The van der Waals surface area contributed by atoms with Gasteiger partial charge in [0, 0.05) is 48.3 Å². The van der Waals surface area contributed by atoms with Crippen LogP contribution in [0.2, 0.25) is 0 Å². The number of nitrogens with two attached hydrogens (primary N) is 2. The number of phenolic OH excluding ortho intramolecular Hbond substituents is 1. The SMILES string of the molecule is NC(=O)CC(NC(=O)C(Cc1ccc(O)cc1)NC(=O)C(N)Cc1cnc[nH]1)C(=O)NC(Cc1c[nH]c2ccccc12)C(=O)O. The standard InChI is InChI=1S/C30H34N8O7/c31-21(11-18-14-33-15-35-18)27(41)36-23(9-16-5-7-19(39)8-6-16)28(42)37-24(12-26(32)40)29(43)38-25(30(44)45)10-17-13-34-22-4-2-1-3-20(17)22/h1-8,13-15,21,23-25,34,39H,9-12,31H2,(H2,32,40)(H,33,35)(H,36,41)(H,37,42)(H,38,43)(H,44,45). The Kier molecular flexibility index (Phi) is 10.5. The minimum atomic E-state index is -1.56. The molecule has 11 N–H and O–H groups in total. The number of nitrogens with zero attached hydrogens (tertiary/aromatic N) is 1. The molecule has 236 valence electrons. The van der Waals surface area contributed by atoms with Crippen LogP contribution in [0.25, 0.3) is 10.9 Å². The van der Waals surface area contributed by atoms with Crippen molar-refractivity contribution in [2.45, 2.75) is 49.9 Å². The lowest BCUT2D eigenvalue weighted by Gasteiger charge is -2.25. The molecular formula is C30H34N8O7. The van der Waals surface area contributed by atoms with Gasteiger partial charge >= 0.3 is 5.97 Å². The van der Waals surface area contributed by atoms with Gasteiger partial charge in [-0.1, -0.05) is 30.3 Å². The third kappa shape index (κ3) is 8.90. The van der Waals surface area contributed by atoms with Crippen LogP contribution in [-0.2, 0) is 43.2 Å². The number of H-pyrrole nitrogens is 2. The minimum absolute atomic E-state index is 0.0100. The molecular weight excluding hydrogens is 584 g/mol. The third-order valence-electron chi connectivity index (χ3n) is 7.09. The fourth-order valence-electron chi connectivity index (χ4n) is 4.76. The molecule has 2 heterocycles. The number of benzene rings is 2. The summed E-state index contributed by atoms with van der Waals surface area (Å²) in [5.41, 5.74) is 14.0. The molecule has 4 atom stereocenters. The van der Waals surface area contributed by atoms with E-state index in [1.54, 1.807) is 30.5 Å². The molecule has 4 amide bonds. The van der Waals surface area contributed by atoms with Crippen molar-refractivity contribution < 1.29 is 34.2 Å². The van der Waals surface area contributed by atoms with Gasteiger partial charge in [-0.2, -0.15) is 0 Å². The van der Waals surface area contributed by atoms with Crippen LogP contribution in [0.5, 0.6) is 5.75 Å². The highest BCUT2D eigenvalue weighted by Gasteiger charge is 2.32. The van der Waals surface area contributed by atoms with E-state index in [1.165, 1.54) is 24.7 Å². The number of rotatable bonds is 15. The maximum Gasteiger partial charge on any atom is 0.326 e. The van der Waals surface area contributed by atoms with E-state index in [9.17, 15) is 34.2 Å². The first-order valence-corrected chi connectivity index (χ1v) is 14.0. The number of carbonyl (C=O) groups excluding carboxylic acids is 4. The number of hydrogen-bond acceptors (Lipinski definition) is 8. The summed E-state index contributed by atoms with van der Waals surface area (Å²) in [6.07, 6.45) is 3.87. The molecule has 2 aromatic carbocycles. The van der Waals surface area contributed by atoms with E-state index in [1.807, 2.05) is 12.1 Å². The van der Waals surface area contributed by atoms with Crippen molar-refractivity contribution in [1.82, 2.24) is 30.9 Å². The lowest BCUT2D eigenvalue weighted by atomic mass is 10.0. The van der Waals surface area contributed by atoms with Crippen molar-refractivity contribution in [2.75, 3.05) is 0 Å². The lowest BCUT2D eigenvalue weighted by Crippen LogP contribution is -2.58. The normalized spacial score (nSPS) is 13.7. The van der Waals surface area contributed by atoms with Gasteiger partial charge in [-0.15, -0.1) is 0 Å². The largest absolute Gasteiger partial charge is 0.508 e. The van der Waals surface area contributed by atoms with Crippen molar-refractivity contribution in [1.29, 1.82) is 0 Å². The van der Waals surface area contributed by atoms with Gasteiger partial charge in [-0.3, -0.25) is 19.2 Å². The number of aromatic nitrogens is 3. The Morgan fingerprint density at radius 3 is 2.16 bits per heavy atom. The number of fused-ring (bicyclic) bond motifs is 1. The summed E-state index contributed by atoms with van der Waals surface area (Å²) >= 11 is 0. The van der Waals surface area contributed by atoms with Gasteiger partial charge in [0.25, 0.3) is 0 Å². The number of primary amides is 1. The molecule has 0 aliphatic rings. The second-order valence-corrected chi connectivity index (χ2v) is 10.5. The van der Waals surface area contributed by atoms with E-state index >= 15 is 0 Å². The summed E-state index contributed by atoms with van der Waals surface area (Å²) in [7, 11) is 0. The number of carboxylic acid groups (broad SMARTS) is 1. The molecule has 0 fully saturated rings. The van der Waals surface area contributed by atoms with E-state index in [4.69, 9.17) is 11.5 Å². The molecule has 4 rings (SSSR count). The first-order valence-electron chi connectivity index (χ1n) is 14.0. The number of carboxylic acids is 1. The Morgan fingerprint density at radius 1 is 0.822 bits per heavy atom. The van der Waals surface area contributed by atoms with Gasteiger partial charge in [0.2, 0.25) is 23.6 Å². The Balaban J connectivity index is 1.50. The summed E-state index contributed by atoms with van der Waals surface area (Å²) in [5.74, 6) is -4.76. The predicted octanol–water partition coefficient (Wildman–Crippen LogP) is -0.634. The van der Waals surface area contributed by atoms with E-state index in [0.717, 1.165) is 10.9 Å². The van der Waals surface area contributed by atoms with Crippen molar-refractivity contribution >= 4 is 40.5 Å². The number of imidazole rings is 1. The molecule has 45 heavy (non-hydrogen) atoms. The number of nitrogens with one attached hydrogen (secondary N) is 5. The number of aromatic amines is 2. The number of hydrogen-bond donors (Lipinski definition) is 9. The van der Waals surface area contributed by atoms with Crippen LogP contribution in [0.15, 0.2) is 67.3 Å². The van der Waals surface area contributed by atoms with Crippen LogP contribution < -0.4 is 27.4 Å². The number of aromatic hydroxyl groups is 1. The molecule has 0 bridgehead atoms. The highest BCUT2D eigenvalue weighted by Crippen LogP contribution is 2.19. The first-order chi connectivity index (χ1) is 21.5. The molecule has 0 saturated carbocycles. The topological polar surface area (TPSA) is 258 Å². The average Bonchev–Trinajstić information content (AvgIpc) is 3.66. The number of carbonyl (C=O) groups is 5. The second kappa shape index (κ2) is 14.7. The van der Waals surface area contributed by atoms with Crippen LogP contribution in [0, 0.1) is 0 Å². The van der Waals surface area contributed by atoms with Gasteiger partial charge < -0.3 is 47.6 Å². The monoisotopic (exact) mass is 618 g/mol. The van der Waals surface area contributed by atoms with E-state index in [0.29, 0.717) is 16.8 Å². The number of phenols is 1. The van der Waals surface area contributed by atoms with Gasteiger partial charge in [0.05, 0.1) is 18.8 Å². The van der Waals surface area contributed by atoms with Crippen molar-refractivity contribution in [3.63, 3.8) is 0 Å². The Bertz CT molecular complexity index is 1650. The van der Waals surface area contributed by atoms with Crippen LogP contribution in [0.3, 0.4) is 0 Å². The first kappa shape index (κ1) is 32.2. The van der Waals surface area contributed by atoms with Gasteiger partial charge in [-0.05, 0) is 29.3 Å². The number of para-hydroxylation sites is 1. The average molecular weight is 619 g/mol. The molecule has 4 aromatic rings. The fourth-order valence-corrected chi connectivity index (χ4v) is 4.76. The van der Waals surface area contributed by atoms with Crippen molar-refractivity contribution in [2.24, 2.45) is 11.5 Å². The molecule has 0 aliphatic heterocycles. The van der Waals surface area contributed by atoms with Gasteiger partial charge in [0.1, 0.15) is 23.9 Å². The second-order valence-electron chi connectivity index (χ2n) is 10.5. The zero-order valence-electron chi connectivity index (χ0n) is 24.0. The molecule has 0 spiro atoms. The highest BCUT2D eigenvalue weighted by atomic mass is 16.4. The molecule has 2 aromatic heterocycles. The summed E-state index contributed by atoms with van der Waals surface area (Å²) in [4.78, 5) is 73.6. The van der Waals surface area contributed by atoms with Crippen molar-refractivity contribution in [3.8, 4) is 5.75 Å². The number of amides is 4. The van der Waals surface area contributed by atoms with Gasteiger partial charge in [0.15, 0.2) is 0 Å². The van der Waals surface area contributed by atoms with Crippen LogP contribution in [0.4, 0.5) is 0 Å². The minimum Gasteiger partial charge on any atom is -0.508 e. The van der Waals surface area contributed by atoms with E-state index in [2.05, 4.69) is 30.9 Å². The maximum atomic E-state index is 13.5. The molecule has 4 unspecified atom stereocenters. The quantitative estimate of drug-likeness (QED) is 0.0820. The van der Waals surface area contributed by atoms with E-state index in [-0.39, 0.29) is 25.0 Å². The summed E-state index contributed by atoms with van der Waals surface area (Å²) in [6.45, 7) is 0. The van der Waals surface area contributed by atoms with Crippen molar-refractivity contribution in [3.05, 3.63) is 84.1 Å². The summed E-state index contributed by atoms with van der Waals surface area (Å²) < 4.78 is 0. The molecule has 0 aliphatic carbocycles. The predicted molar refractivity (Wildman–Crippen MR) is 161 cm³/mol. The zero-order chi connectivity index (χ0) is 32.5. The lowest BCUT2D eigenvalue weighted by molar-refractivity contribution is -0.142. The number of aliphatic carboxylic acids is 1. The smallest absolute Gasteiger partial charge is 0.326 e.